The Kier molecular flexibility index (Phi) is 4.47. The largest absolute Gasteiger partial charge is 0.454 e. The second-order valence-electron chi connectivity index (χ2n) is 7.08. The molecule has 0 aliphatic carbocycles. The van der Waals surface area contributed by atoms with Crippen LogP contribution in [0.1, 0.15) is 12.5 Å². The monoisotopic (exact) mass is 381 g/mol. The smallest absolute Gasteiger partial charge is 0.231 e. The molecule has 0 spiro atoms. The van der Waals surface area contributed by atoms with Crippen molar-refractivity contribution in [3.63, 3.8) is 0 Å². The van der Waals surface area contributed by atoms with Gasteiger partial charge in [0.15, 0.2) is 11.5 Å². The Morgan fingerprint density at radius 1 is 1.04 bits per heavy atom. The number of hydrogen-bond donors (Lipinski definition) is 0. The lowest BCUT2D eigenvalue weighted by atomic mass is 10.1. The van der Waals surface area contributed by atoms with E-state index in [-0.39, 0.29) is 6.79 Å². The fraction of sp³-hybridized carbons (Fsp3) is 0.381. The highest BCUT2D eigenvalue weighted by Gasteiger charge is 2.20. The van der Waals surface area contributed by atoms with E-state index in [1.165, 1.54) is 10.4 Å². The zero-order valence-corrected chi connectivity index (χ0v) is 16.3. The van der Waals surface area contributed by atoms with Crippen LogP contribution in [0.15, 0.2) is 35.7 Å². The van der Waals surface area contributed by atoms with E-state index in [4.69, 9.17) is 14.5 Å². The van der Waals surface area contributed by atoms with Crippen LogP contribution in [-0.2, 0) is 6.54 Å². The molecule has 1 saturated heterocycles. The van der Waals surface area contributed by atoms with Crippen LogP contribution in [0.4, 0.5) is 0 Å². The number of aromatic nitrogens is 1. The van der Waals surface area contributed by atoms with Crippen molar-refractivity contribution in [2.75, 3.05) is 39.5 Å². The van der Waals surface area contributed by atoms with Gasteiger partial charge < -0.3 is 14.4 Å². The molecule has 5 nitrogen and oxygen atoms in total. The van der Waals surface area contributed by atoms with E-state index >= 15 is 0 Å². The standard InChI is InChI=1S/C21H23N3O2S/c1-2-23-5-7-24(8-6-23)13-16-10-15-11-18-19(26-14-25-18)12-17(15)22-21(16)20-4-3-9-27-20/h3-4,9-12H,2,5-8,13-14H2,1H3. The number of rotatable bonds is 4. The van der Waals surface area contributed by atoms with E-state index in [9.17, 15) is 0 Å². The van der Waals surface area contributed by atoms with Crippen LogP contribution >= 0.6 is 11.3 Å². The topological polar surface area (TPSA) is 37.8 Å². The average Bonchev–Trinajstić information content (AvgIpc) is 3.38. The summed E-state index contributed by atoms with van der Waals surface area (Å²) in [7, 11) is 0. The van der Waals surface area contributed by atoms with E-state index in [1.807, 2.05) is 6.07 Å². The maximum absolute atomic E-state index is 5.56. The Hall–Kier alpha value is -2.15. The Labute approximate surface area is 163 Å². The first kappa shape index (κ1) is 17.0. The van der Waals surface area contributed by atoms with Crippen molar-refractivity contribution in [2.24, 2.45) is 0 Å². The lowest BCUT2D eigenvalue weighted by Gasteiger charge is -2.34. The zero-order chi connectivity index (χ0) is 18.2. The third-order valence-electron chi connectivity index (χ3n) is 5.45. The molecule has 3 aromatic rings. The fourth-order valence-electron chi connectivity index (χ4n) is 3.86. The molecule has 0 saturated carbocycles. The molecule has 1 fully saturated rings. The summed E-state index contributed by atoms with van der Waals surface area (Å²) < 4.78 is 11.1. The zero-order valence-electron chi connectivity index (χ0n) is 15.5. The van der Waals surface area contributed by atoms with Gasteiger partial charge in [-0.1, -0.05) is 13.0 Å². The lowest BCUT2D eigenvalue weighted by molar-refractivity contribution is 0.132. The van der Waals surface area contributed by atoms with E-state index in [0.29, 0.717) is 0 Å². The molecule has 0 unspecified atom stereocenters. The highest BCUT2D eigenvalue weighted by Crippen LogP contribution is 2.38. The summed E-state index contributed by atoms with van der Waals surface area (Å²) in [6.07, 6.45) is 0. The van der Waals surface area contributed by atoms with Crippen LogP contribution in [0.25, 0.3) is 21.5 Å². The fourth-order valence-corrected chi connectivity index (χ4v) is 4.61. The van der Waals surface area contributed by atoms with Crippen molar-refractivity contribution < 1.29 is 9.47 Å². The molecule has 0 radical (unpaired) electrons. The van der Waals surface area contributed by atoms with Crippen LogP contribution < -0.4 is 9.47 Å². The van der Waals surface area contributed by atoms with Crippen molar-refractivity contribution in [3.05, 3.63) is 41.3 Å². The number of hydrogen-bond acceptors (Lipinski definition) is 6. The summed E-state index contributed by atoms with van der Waals surface area (Å²) in [6, 6.07) is 10.6. The third-order valence-corrected chi connectivity index (χ3v) is 6.33. The van der Waals surface area contributed by atoms with Crippen LogP contribution in [0.2, 0.25) is 0 Å². The maximum Gasteiger partial charge on any atom is 0.231 e. The minimum atomic E-state index is 0.290. The van der Waals surface area contributed by atoms with Gasteiger partial charge in [0.05, 0.1) is 16.1 Å². The number of pyridine rings is 1. The van der Waals surface area contributed by atoms with Crippen LogP contribution in [0.5, 0.6) is 11.5 Å². The molecular weight excluding hydrogens is 358 g/mol. The lowest BCUT2D eigenvalue weighted by Crippen LogP contribution is -2.45. The molecule has 2 aliphatic heterocycles. The predicted octanol–water partition coefficient (Wildman–Crippen LogP) is 3.83. The molecule has 0 bridgehead atoms. The number of nitrogens with zero attached hydrogens (tertiary/aromatic N) is 3. The van der Waals surface area contributed by atoms with Gasteiger partial charge in [-0.3, -0.25) is 4.90 Å². The molecule has 0 N–H and O–H groups in total. The van der Waals surface area contributed by atoms with Gasteiger partial charge in [-0.25, -0.2) is 4.98 Å². The summed E-state index contributed by atoms with van der Waals surface area (Å²) in [4.78, 5) is 11.3. The molecule has 2 aromatic heterocycles. The van der Waals surface area contributed by atoms with Crippen LogP contribution in [-0.4, -0.2) is 54.3 Å². The van der Waals surface area contributed by atoms with Gasteiger partial charge in [0.1, 0.15) is 0 Å². The number of piperazine rings is 1. The summed E-state index contributed by atoms with van der Waals surface area (Å²) in [5.41, 5.74) is 3.34. The Morgan fingerprint density at radius 2 is 1.81 bits per heavy atom. The average molecular weight is 382 g/mol. The molecule has 6 heteroatoms. The van der Waals surface area contributed by atoms with Gasteiger partial charge in [-0.15, -0.1) is 11.3 Å². The highest BCUT2D eigenvalue weighted by molar-refractivity contribution is 7.13. The number of ether oxygens (including phenoxy) is 2. The van der Waals surface area contributed by atoms with Gasteiger partial charge in [-0.2, -0.15) is 0 Å². The van der Waals surface area contributed by atoms with Gasteiger partial charge >= 0.3 is 0 Å². The first-order valence-corrected chi connectivity index (χ1v) is 10.4. The van der Waals surface area contributed by atoms with Gasteiger partial charge in [0.2, 0.25) is 6.79 Å². The SMILES string of the molecule is CCN1CCN(Cc2cc3cc4c(cc3nc2-c2cccs2)OCO4)CC1. The van der Waals surface area contributed by atoms with Crippen molar-refractivity contribution in [1.82, 2.24) is 14.8 Å². The Bertz CT molecular complexity index is 950. The molecule has 4 heterocycles. The molecule has 27 heavy (non-hydrogen) atoms. The minimum Gasteiger partial charge on any atom is -0.454 e. The van der Waals surface area contributed by atoms with Gasteiger partial charge in [0, 0.05) is 44.2 Å². The van der Waals surface area contributed by atoms with E-state index in [1.54, 1.807) is 11.3 Å². The summed E-state index contributed by atoms with van der Waals surface area (Å²) in [6.45, 7) is 9.10. The summed E-state index contributed by atoms with van der Waals surface area (Å²) >= 11 is 1.75. The second kappa shape index (κ2) is 7.11. The van der Waals surface area contributed by atoms with E-state index < -0.39 is 0 Å². The van der Waals surface area contributed by atoms with Gasteiger partial charge in [-0.05, 0) is 35.7 Å². The molecule has 5 rings (SSSR count). The Morgan fingerprint density at radius 3 is 2.56 bits per heavy atom. The van der Waals surface area contributed by atoms with E-state index in [2.05, 4.69) is 46.4 Å². The number of fused-ring (bicyclic) bond motifs is 2. The molecular formula is C21H23N3O2S. The normalized spacial score (nSPS) is 17.7. The second-order valence-corrected chi connectivity index (χ2v) is 8.03. The molecule has 140 valence electrons. The minimum absolute atomic E-state index is 0.290. The number of likely N-dealkylation sites (N-methyl/N-ethyl adjacent to an activating group) is 1. The third kappa shape index (κ3) is 3.29. The number of thiophene rings is 1. The first-order valence-electron chi connectivity index (χ1n) is 9.52. The van der Waals surface area contributed by atoms with Crippen molar-refractivity contribution in [3.8, 4) is 22.1 Å². The summed E-state index contributed by atoms with van der Waals surface area (Å²) in [5.74, 6) is 1.60. The Balaban J connectivity index is 1.53. The van der Waals surface area contributed by atoms with Gasteiger partial charge in [0.25, 0.3) is 0 Å². The van der Waals surface area contributed by atoms with Crippen molar-refractivity contribution >= 4 is 22.2 Å². The predicted molar refractivity (Wildman–Crippen MR) is 109 cm³/mol. The highest BCUT2D eigenvalue weighted by atomic mass is 32.1. The molecule has 0 atom stereocenters. The number of benzene rings is 1. The van der Waals surface area contributed by atoms with Crippen molar-refractivity contribution in [2.45, 2.75) is 13.5 Å². The first-order chi connectivity index (χ1) is 13.3. The van der Waals surface area contributed by atoms with E-state index in [0.717, 1.165) is 67.4 Å². The molecule has 0 amide bonds. The van der Waals surface area contributed by atoms with Crippen LogP contribution in [0, 0.1) is 0 Å². The molecule has 1 aromatic carbocycles. The molecule has 2 aliphatic rings. The quantitative estimate of drug-likeness (QED) is 0.687. The van der Waals surface area contributed by atoms with Crippen molar-refractivity contribution in [1.29, 1.82) is 0 Å². The maximum atomic E-state index is 5.56. The van der Waals surface area contributed by atoms with Crippen LogP contribution in [0.3, 0.4) is 0 Å². The summed E-state index contributed by atoms with van der Waals surface area (Å²) in [5, 5.41) is 3.23.